The van der Waals surface area contributed by atoms with E-state index in [1.807, 2.05) is 32.6 Å². The molecule has 1 atom stereocenters. The highest BCUT2D eigenvalue weighted by Crippen LogP contribution is 2.22. The number of aromatic nitrogens is 1. The van der Waals surface area contributed by atoms with E-state index in [0.29, 0.717) is 30.5 Å². The molecule has 122 valence electrons. The van der Waals surface area contributed by atoms with Gasteiger partial charge in [0.2, 0.25) is 5.88 Å². The average molecular weight is 306 g/mol. The maximum atomic E-state index is 12.5. The highest BCUT2D eigenvalue weighted by atomic mass is 16.5. The number of aliphatic hydroxyl groups is 1. The first-order valence-corrected chi connectivity index (χ1v) is 7.88. The highest BCUT2D eigenvalue weighted by Gasteiger charge is 2.26. The number of aliphatic hydroxyl groups excluding tert-OH is 1. The lowest BCUT2D eigenvalue weighted by Gasteiger charge is -2.33. The molecule has 0 aromatic carbocycles. The van der Waals surface area contributed by atoms with Crippen molar-refractivity contribution in [1.29, 1.82) is 0 Å². The monoisotopic (exact) mass is 306 g/mol. The predicted octanol–water partition coefficient (Wildman–Crippen LogP) is 2.49. The molecule has 1 aromatic heterocycles. The van der Waals surface area contributed by atoms with E-state index in [1.165, 1.54) is 0 Å². The summed E-state index contributed by atoms with van der Waals surface area (Å²) in [6.45, 7) is 9.07. The van der Waals surface area contributed by atoms with Crippen molar-refractivity contribution in [3.8, 4) is 5.88 Å². The molecule has 22 heavy (non-hydrogen) atoms. The summed E-state index contributed by atoms with van der Waals surface area (Å²) in [5, 5.41) is 9.62. The number of hydrogen-bond donors (Lipinski definition) is 1. The van der Waals surface area contributed by atoms with Gasteiger partial charge < -0.3 is 14.7 Å². The van der Waals surface area contributed by atoms with Gasteiger partial charge in [0.05, 0.1) is 11.7 Å². The molecule has 1 amide bonds. The molecule has 5 heteroatoms. The number of nitrogens with zero attached hydrogens (tertiary/aromatic N) is 2. The Morgan fingerprint density at radius 2 is 2.00 bits per heavy atom. The SMILES string of the molecule is CC(O)C1CCN(C(=O)c2ccc(OC(C)(C)C)nc2)CC1. The van der Waals surface area contributed by atoms with Crippen LogP contribution >= 0.6 is 0 Å². The lowest BCUT2D eigenvalue weighted by Crippen LogP contribution is -2.40. The molecular formula is C17H26N2O3. The van der Waals surface area contributed by atoms with Crippen LogP contribution in [0, 0.1) is 5.92 Å². The molecule has 1 aromatic rings. The third-order valence-corrected chi connectivity index (χ3v) is 3.90. The van der Waals surface area contributed by atoms with Gasteiger partial charge in [-0.25, -0.2) is 4.98 Å². The Hall–Kier alpha value is -1.62. The maximum Gasteiger partial charge on any atom is 0.255 e. The lowest BCUT2D eigenvalue weighted by atomic mass is 9.92. The molecule has 1 aliphatic rings. The molecule has 1 saturated heterocycles. The van der Waals surface area contributed by atoms with Crippen LogP contribution in [-0.2, 0) is 0 Å². The fraction of sp³-hybridized carbons (Fsp3) is 0.647. The van der Waals surface area contributed by atoms with Crippen molar-refractivity contribution >= 4 is 5.91 Å². The van der Waals surface area contributed by atoms with Gasteiger partial charge >= 0.3 is 0 Å². The summed E-state index contributed by atoms with van der Waals surface area (Å²) in [6.07, 6.45) is 2.97. The van der Waals surface area contributed by atoms with E-state index < -0.39 is 0 Å². The van der Waals surface area contributed by atoms with Crippen LogP contribution in [0.2, 0.25) is 0 Å². The van der Waals surface area contributed by atoms with E-state index in [4.69, 9.17) is 4.74 Å². The van der Waals surface area contributed by atoms with Gasteiger partial charge in [0.1, 0.15) is 5.60 Å². The number of amides is 1. The van der Waals surface area contributed by atoms with Crippen LogP contribution in [0.5, 0.6) is 5.88 Å². The van der Waals surface area contributed by atoms with E-state index in [-0.39, 0.29) is 17.6 Å². The van der Waals surface area contributed by atoms with E-state index in [0.717, 1.165) is 12.8 Å². The number of piperidine rings is 1. The van der Waals surface area contributed by atoms with Crippen molar-refractivity contribution < 1.29 is 14.6 Å². The van der Waals surface area contributed by atoms with Gasteiger partial charge in [0, 0.05) is 25.4 Å². The minimum absolute atomic E-state index is 0.00106. The summed E-state index contributed by atoms with van der Waals surface area (Å²) in [4.78, 5) is 18.5. The van der Waals surface area contributed by atoms with E-state index in [2.05, 4.69) is 4.98 Å². The molecule has 1 fully saturated rings. The van der Waals surface area contributed by atoms with Crippen molar-refractivity contribution in [1.82, 2.24) is 9.88 Å². The standard InChI is InChI=1S/C17H26N2O3/c1-12(20)13-7-9-19(10-8-13)16(21)14-5-6-15(18-11-14)22-17(2,3)4/h5-6,11-13,20H,7-10H2,1-4H3. The smallest absolute Gasteiger partial charge is 0.255 e. The van der Waals surface area contributed by atoms with Crippen LogP contribution in [0.1, 0.15) is 50.9 Å². The van der Waals surface area contributed by atoms with Crippen molar-refractivity contribution in [3.05, 3.63) is 23.9 Å². The number of likely N-dealkylation sites (tertiary alicyclic amines) is 1. The van der Waals surface area contributed by atoms with E-state index >= 15 is 0 Å². The Bertz CT molecular complexity index is 498. The van der Waals surface area contributed by atoms with E-state index in [1.54, 1.807) is 18.3 Å². The quantitative estimate of drug-likeness (QED) is 0.932. The number of rotatable bonds is 3. The fourth-order valence-corrected chi connectivity index (χ4v) is 2.65. The first kappa shape index (κ1) is 16.7. The maximum absolute atomic E-state index is 12.5. The summed E-state index contributed by atoms with van der Waals surface area (Å²) in [5.74, 6) is 0.820. The van der Waals surface area contributed by atoms with Crippen molar-refractivity contribution in [3.63, 3.8) is 0 Å². The van der Waals surface area contributed by atoms with Crippen molar-refractivity contribution in [2.24, 2.45) is 5.92 Å². The van der Waals surface area contributed by atoms with Gasteiger partial charge in [-0.3, -0.25) is 4.79 Å². The first-order valence-electron chi connectivity index (χ1n) is 7.88. The van der Waals surface area contributed by atoms with Crippen LogP contribution in [0.15, 0.2) is 18.3 Å². The lowest BCUT2D eigenvalue weighted by molar-refractivity contribution is 0.0521. The van der Waals surface area contributed by atoms with Crippen molar-refractivity contribution in [2.45, 2.75) is 52.2 Å². The summed E-state index contributed by atoms with van der Waals surface area (Å²) in [6, 6.07) is 3.50. The number of carbonyl (C=O) groups excluding carboxylic acids is 1. The minimum Gasteiger partial charge on any atom is -0.472 e. The summed E-state index contributed by atoms with van der Waals surface area (Å²) in [7, 11) is 0. The van der Waals surface area contributed by atoms with Gasteiger partial charge in [-0.2, -0.15) is 0 Å². The molecule has 2 rings (SSSR count). The minimum atomic E-state index is -0.304. The highest BCUT2D eigenvalue weighted by molar-refractivity contribution is 5.94. The topological polar surface area (TPSA) is 62.7 Å². The Balaban J connectivity index is 1.96. The fourth-order valence-electron chi connectivity index (χ4n) is 2.65. The van der Waals surface area contributed by atoms with Crippen LogP contribution in [-0.4, -0.2) is 45.7 Å². The zero-order valence-electron chi connectivity index (χ0n) is 13.9. The first-order chi connectivity index (χ1) is 10.3. The molecule has 1 unspecified atom stereocenters. The largest absolute Gasteiger partial charge is 0.472 e. The number of carbonyl (C=O) groups is 1. The molecule has 0 radical (unpaired) electrons. The van der Waals surface area contributed by atoms with Crippen molar-refractivity contribution in [2.75, 3.05) is 13.1 Å². The Labute approximate surface area is 132 Å². The molecule has 5 nitrogen and oxygen atoms in total. The van der Waals surface area contributed by atoms with E-state index in [9.17, 15) is 9.90 Å². The number of hydrogen-bond acceptors (Lipinski definition) is 4. The van der Waals surface area contributed by atoms with Gasteiger partial charge in [-0.15, -0.1) is 0 Å². The van der Waals surface area contributed by atoms with Crippen LogP contribution in [0.25, 0.3) is 0 Å². The van der Waals surface area contributed by atoms with Crippen LogP contribution < -0.4 is 4.74 Å². The van der Waals surface area contributed by atoms with Gasteiger partial charge in [0.15, 0.2) is 0 Å². The summed E-state index contributed by atoms with van der Waals surface area (Å²) >= 11 is 0. The van der Waals surface area contributed by atoms with Gasteiger partial charge in [-0.1, -0.05) is 0 Å². The third-order valence-electron chi connectivity index (χ3n) is 3.90. The molecule has 1 aliphatic heterocycles. The second kappa shape index (κ2) is 6.65. The molecule has 0 aliphatic carbocycles. The third kappa shape index (κ3) is 4.44. The summed E-state index contributed by atoms with van der Waals surface area (Å²) in [5.41, 5.74) is 0.276. The van der Waals surface area contributed by atoms with Crippen LogP contribution in [0.3, 0.4) is 0 Å². The average Bonchev–Trinajstić information content (AvgIpc) is 2.46. The zero-order chi connectivity index (χ0) is 16.3. The van der Waals surface area contributed by atoms with Gasteiger partial charge in [0.25, 0.3) is 5.91 Å². The Morgan fingerprint density at radius 1 is 1.36 bits per heavy atom. The zero-order valence-corrected chi connectivity index (χ0v) is 13.9. The molecular weight excluding hydrogens is 280 g/mol. The molecule has 2 heterocycles. The molecule has 1 N–H and O–H groups in total. The normalized spacial score (nSPS) is 18.1. The predicted molar refractivity (Wildman–Crippen MR) is 84.9 cm³/mol. The second-order valence-corrected chi connectivity index (χ2v) is 6.97. The molecule has 0 saturated carbocycles. The molecule has 0 bridgehead atoms. The summed E-state index contributed by atoms with van der Waals surface area (Å²) < 4.78 is 5.66. The van der Waals surface area contributed by atoms with Gasteiger partial charge in [-0.05, 0) is 52.5 Å². The Kier molecular flexibility index (Phi) is 5.06. The number of pyridine rings is 1. The second-order valence-electron chi connectivity index (χ2n) is 6.97. The van der Waals surface area contributed by atoms with Crippen LogP contribution in [0.4, 0.5) is 0 Å². The molecule has 0 spiro atoms. The number of ether oxygens (including phenoxy) is 1. The Morgan fingerprint density at radius 3 is 2.45 bits per heavy atom.